The topological polar surface area (TPSA) is 55.4 Å². The highest BCUT2D eigenvalue weighted by Crippen LogP contribution is 2.35. The summed E-state index contributed by atoms with van der Waals surface area (Å²) in [5.41, 5.74) is -0.263. The second kappa shape index (κ2) is 6.38. The van der Waals surface area contributed by atoms with Crippen LogP contribution in [0.2, 0.25) is 0 Å². The summed E-state index contributed by atoms with van der Waals surface area (Å²) in [6.45, 7) is 2.28. The van der Waals surface area contributed by atoms with Gasteiger partial charge in [0.1, 0.15) is 4.83 Å². The van der Waals surface area contributed by atoms with Crippen LogP contribution in [0.5, 0.6) is 0 Å². The first kappa shape index (κ1) is 14.5. The van der Waals surface area contributed by atoms with Gasteiger partial charge in [0, 0.05) is 12.0 Å². The number of esters is 1. The number of alkyl halides is 1. The Morgan fingerprint density at radius 2 is 1.94 bits per heavy atom. The van der Waals surface area contributed by atoms with Gasteiger partial charge >= 0.3 is 5.97 Å². The van der Waals surface area contributed by atoms with E-state index in [-0.39, 0.29) is 23.8 Å². The molecule has 0 aromatic rings. The molecule has 0 aliphatic heterocycles. The fraction of sp³-hybridized carbons (Fsp3) is 0.833. The second-order valence-corrected chi connectivity index (χ2v) is 5.93. The third-order valence-corrected chi connectivity index (χ3v) is 4.10. The van der Waals surface area contributed by atoms with Crippen molar-refractivity contribution < 1.29 is 14.3 Å². The third-order valence-electron chi connectivity index (χ3n) is 3.40. The highest BCUT2D eigenvalue weighted by molar-refractivity contribution is 9.10. The monoisotopic (exact) mass is 305 g/mol. The van der Waals surface area contributed by atoms with E-state index < -0.39 is 4.83 Å². The van der Waals surface area contributed by atoms with Gasteiger partial charge in [0.25, 0.3) is 0 Å². The van der Waals surface area contributed by atoms with Gasteiger partial charge < -0.3 is 10.1 Å². The van der Waals surface area contributed by atoms with Crippen LogP contribution in [0.4, 0.5) is 0 Å². The minimum atomic E-state index is -0.469. The Balaban J connectivity index is 2.41. The van der Waals surface area contributed by atoms with Crippen molar-refractivity contribution in [3.8, 4) is 0 Å². The van der Waals surface area contributed by atoms with Crippen LogP contribution in [-0.4, -0.2) is 30.4 Å². The Bertz CT molecular complexity index is 287. The zero-order valence-corrected chi connectivity index (χ0v) is 12.0. The van der Waals surface area contributed by atoms with Gasteiger partial charge in [-0.3, -0.25) is 9.59 Å². The van der Waals surface area contributed by atoms with Crippen LogP contribution in [0.25, 0.3) is 0 Å². The summed E-state index contributed by atoms with van der Waals surface area (Å²) in [7, 11) is 1.33. The van der Waals surface area contributed by atoms with Crippen LogP contribution in [0.1, 0.15) is 39.0 Å². The number of carbonyl (C=O) groups excluding carboxylic acids is 2. The zero-order chi connectivity index (χ0) is 12.9. The molecule has 0 heterocycles. The molecule has 1 fully saturated rings. The predicted molar refractivity (Wildman–Crippen MR) is 68.9 cm³/mol. The van der Waals surface area contributed by atoms with Gasteiger partial charge in [-0.15, -0.1) is 0 Å². The average molecular weight is 306 g/mol. The summed E-state index contributed by atoms with van der Waals surface area (Å²) in [6, 6.07) is 0. The SMILES string of the molecule is COC(=O)C(Br)CNC(=O)C1(C)CCCCC1. The summed E-state index contributed by atoms with van der Waals surface area (Å²) in [5, 5.41) is 2.82. The van der Waals surface area contributed by atoms with E-state index in [0.717, 1.165) is 25.7 Å². The van der Waals surface area contributed by atoms with E-state index in [1.54, 1.807) is 0 Å². The molecule has 1 amide bonds. The first-order valence-electron chi connectivity index (χ1n) is 6.00. The van der Waals surface area contributed by atoms with Crippen molar-refractivity contribution in [1.29, 1.82) is 0 Å². The number of amides is 1. The van der Waals surface area contributed by atoms with Crippen molar-refractivity contribution in [2.75, 3.05) is 13.7 Å². The number of carbonyl (C=O) groups is 2. The van der Waals surface area contributed by atoms with Crippen molar-refractivity contribution in [1.82, 2.24) is 5.32 Å². The lowest BCUT2D eigenvalue weighted by atomic mass is 9.75. The Labute approximate surface area is 111 Å². The molecule has 5 heteroatoms. The normalized spacial score (nSPS) is 20.4. The van der Waals surface area contributed by atoms with Crippen LogP contribution in [-0.2, 0) is 14.3 Å². The molecule has 0 radical (unpaired) electrons. The van der Waals surface area contributed by atoms with Gasteiger partial charge in [-0.1, -0.05) is 42.1 Å². The summed E-state index contributed by atoms with van der Waals surface area (Å²) >= 11 is 3.18. The van der Waals surface area contributed by atoms with E-state index in [2.05, 4.69) is 26.0 Å². The Morgan fingerprint density at radius 3 is 2.47 bits per heavy atom. The lowest BCUT2D eigenvalue weighted by Gasteiger charge is -2.32. The highest BCUT2D eigenvalue weighted by Gasteiger charge is 2.34. The molecule has 1 aliphatic carbocycles. The molecule has 1 unspecified atom stereocenters. The van der Waals surface area contributed by atoms with Crippen molar-refractivity contribution in [2.24, 2.45) is 5.41 Å². The summed E-state index contributed by atoms with van der Waals surface area (Å²) < 4.78 is 4.58. The summed E-state index contributed by atoms with van der Waals surface area (Å²) in [6.07, 6.45) is 5.30. The molecule has 4 nitrogen and oxygen atoms in total. The molecule has 0 spiro atoms. The van der Waals surface area contributed by atoms with E-state index in [1.807, 2.05) is 6.92 Å². The lowest BCUT2D eigenvalue weighted by molar-refractivity contribution is -0.139. The van der Waals surface area contributed by atoms with Crippen LogP contribution in [0, 0.1) is 5.41 Å². The number of ether oxygens (including phenoxy) is 1. The fourth-order valence-electron chi connectivity index (χ4n) is 2.17. The molecule has 0 aromatic heterocycles. The van der Waals surface area contributed by atoms with Crippen LogP contribution in [0.15, 0.2) is 0 Å². The maximum absolute atomic E-state index is 12.1. The fourth-order valence-corrected chi connectivity index (χ4v) is 2.51. The minimum Gasteiger partial charge on any atom is -0.468 e. The molecule has 0 aromatic carbocycles. The number of hydrogen-bond acceptors (Lipinski definition) is 3. The molecule has 0 bridgehead atoms. The first-order valence-corrected chi connectivity index (χ1v) is 6.91. The molecule has 17 heavy (non-hydrogen) atoms. The van der Waals surface area contributed by atoms with E-state index in [0.29, 0.717) is 0 Å². The minimum absolute atomic E-state index is 0.0468. The smallest absolute Gasteiger partial charge is 0.321 e. The maximum Gasteiger partial charge on any atom is 0.321 e. The zero-order valence-electron chi connectivity index (χ0n) is 10.4. The number of hydrogen-bond donors (Lipinski definition) is 1. The third kappa shape index (κ3) is 3.98. The summed E-state index contributed by atoms with van der Waals surface area (Å²) in [5.74, 6) is -0.315. The molecule has 1 aliphatic rings. The van der Waals surface area contributed by atoms with E-state index in [1.165, 1.54) is 13.5 Å². The molecule has 1 N–H and O–H groups in total. The van der Waals surface area contributed by atoms with Gasteiger partial charge in [-0.25, -0.2) is 0 Å². The van der Waals surface area contributed by atoms with Gasteiger partial charge in [0.15, 0.2) is 0 Å². The molecule has 98 valence electrons. The Kier molecular flexibility index (Phi) is 5.43. The van der Waals surface area contributed by atoms with E-state index in [9.17, 15) is 9.59 Å². The van der Waals surface area contributed by atoms with Crippen molar-refractivity contribution in [3.05, 3.63) is 0 Å². The van der Waals surface area contributed by atoms with Gasteiger partial charge in [-0.2, -0.15) is 0 Å². The molecule has 1 saturated carbocycles. The Hall–Kier alpha value is -0.580. The highest BCUT2D eigenvalue weighted by atomic mass is 79.9. The second-order valence-electron chi connectivity index (χ2n) is 4.82. The van der Waals surface area contributed by atoms with Gasteiger partial charge in [-0.05, 0) is 12.8 Å². The molecule has 0 saturated heterocycles. The van der Waals surface area contributed by atoms with Crippen LogP contribution >= 0.6 is 15.9 Å². The van der Waals surface area contributed by atoms with E-state index in [4.69, 9.17) is 0 Å². The van der Waals surface area contributed by atoms with E-state index >= 15 is 0 Å². The van der Waals surface area contributed by atoms with Crippen molar-refractivity contribution in [2.45, 2.75) is 43.9 Å². The molecule has 1 rings (SSSR count). The maximum atomic E-state index is 12.1. The number of nitrogens with one attached hydrogen (secondary N) is 1. The van der Waals surface area contributed by atoms with Gasteiger partial charge in [0.05, 0.1) is 7.11 Å². The van der Waals surface area contributed by atoms with Crippen molar-refractivity contribution in [3.63, 3.8) is 0 Å². The molecule has 1 atom stereocenters. The predicted octanol–water partition coefficient (Wildman–Crippen LogP) is 2.01. The lowest BCUT2D eigenvalue weighted by Crippen LogP contribution is -2.43. The first-order chi connectivity index (χ1) is 7.99. The standard InChI is InChI=1S/C12H20BrNO3/c1-12(6-4-3-5-7-12)11(16)14-8-9(13)10(15)17-2/h9H,3-8H2,1-2H3,(H,14,16). The number of methoxy groups -OCH3 is 1. The average Bonchev–Trinajstić information content (AvgIpc) is 2.35. The summed E-state index contributed by atoms with van der Waals surface area (Å²) in [4.78, 5) is 22.7. The molecular formula is C12H20BrNO3. The number of rotatable bonds is 4. The quantitative estimate of drug-likeness (QED) is 0.638. The van der Waals surface area contributed by atoms with Crippen LogP contribution < -0.4 is 5.32 Å². The Morgan fingerprint density at radius 1 is 1.35 bits per heavy atom. The molecular weight excluding hydrogens is 286 g/mol. The van der Waals surface area contributed by atoms with Crippen molar-refractivity contribution >= 4 is 27.8 Å². The number of halogens is 1. The largest absolute Gasteiger partial charge is 0.468 e. The van der Waals surface area contributed by atoms with Crippen LogP contribution in [0.3, 0.4) is 0 Å². The van der Waals surface area contributed by atoms with Gasteiger partial charge in [0.2, 0.25) is 5.91 Å².